The SMILES string of the molecule is CCCCCc1ccc(-c2ccc(OCCCC)c(Br)c2)cc1. The van der Waals surface area contributed by atoms with E-state index in [0.29, 0.717) is 0 Å². The van der Waals surface area contributed by atoms with Gasteiger partial charge in [-0.15, -0.1) is 0 Å². The Morgan fingerprint density at radius 3 is 2.17 bits per heavy atom. The lowest BCUT2D eigenvalue weighted by Gasteiger charge is -2.10. The van der Waals surface area contributed by atoms with Gasteiger partial charge in [0.15, 0.2) is 0 Å². The third kappa shape index (κ3) is 5.69. The standard InChI is InChI=1S/C21H27BrO/c1-3-5-7-8-17-9-11-18(12-10-17)19-13-14-21(20(22)16-19)23-15-6-4-2/h9-14,16H,3-8,15H2,1-2H3. The molecule has 0 aliphatic heterocycles. The zero-order chi connectivity index (χ0) is 16.5. The molecule has 2 heteroatoms. The molecule has 0 N–H and O–H groups in total. The number of hydrogen-bond donors (Lipinski definition) is 0. The maximum atomic E-state index is 5.80. The molecular formula is C21H27BrO. The summed E-state index contributed by atoms with van der Waals surface area (Å²) in [6.07, 6.45) is 7.30. The third-order valence-electron chi connectivity index (χ3n) is 4.04. The summed E-state index contributed by atoms with van der Waals surface area (Å²) >= 11 is 3.63. The molecule has 124 valence electrons. The van der Waals surface area contributed by atoms with Gasteiger partial charge in [0.25, 0.3) is 0 Å². The summed E-state index contributed by atoms with van der Waals surface area (Å²) in [6, 6.07) is 15.3. The minimum absolute atomic E-state index is 0.779. The number of aryl methyl sites for hydroxylation is 1. The Kier molecular flexibility index (Phi) is 7.67. The van der Waals surface area contributed by atoms with E-state index in [1.165, 1.54) is 42.4 Å². The lowest BCUT2D eigenvalue weighted by molar-refractivity contribution is 0.307. The Morgan fingerprint density at radius 2 is 1.52 bits per heavy atom. The fourth-order valence-corrected chi connectivity index (χ4v) is 3.06. The van der Waals surface area contributed by atoms with Crippen LogP contribution in [0.3, 0.4) is 0 Å². The van der Waals surface area contributed by atoms with Crippen LogP contribution < -0.4 is 4.74 Å². The summed E-state index contributed by atoms with van der Waals surface area (Å²) in [5, 5.41) is 0. The van der Waals surface area contributed by atoms with E-state index in [1.54, 1.807) is 0 Å². The van der Waals surface area contributed by atoms with Crippen molar-refractivity contribution in [2.45, 2.75) is 52.4 Å². The number of hydrogen-bond acceptors (Lipinski definition) is 1. The molecular weight excluding hydrogens is 348 g/mol. The Labute approximate surface area is 149 Å². The van der Waals surface area contributed by atoms with Crippen LogP contribution in [0.25, 0.3) is 11.1 Å². The van der Waals surface area contributed by atoms with Gasteiger partial charge in [-0.05, 0) is 64.0 Å². The lowest BCUT2D eigenvalue weighted by Crippen LogP contribution is -1.97. The molecule has 0 saturated heterocycles. The molecule has 0 atom stereocenters. The van der Waals surface area contributed by atoms with Crippen molar-refractivity contribution in [3.05, 3.63) is 52.5 Å². The average molecular weight is 375 g/mol. The molecule has 0 heterocycles. The molecule has 23 heavy (non-hydrogen) atoms. The monoisotopic (exact) mass is 374 g/mol. The molecule has 0 fully saturated rings. The van der Waals surface area contributed by atoms with Crippen molar-refractivity contribution >= 4 is 15.9 Å². The van der Waals surface area contributed by atoms with Crippen LogP contribution in [0.2, 0.25) is 0 Å². The first-order valence-electron chi connectivity index (χ1n) is 8.76. The van der Waals surface area contributed by atoms with Crippen LogP contribution >= 0.6 is 15.9 Å². The van der Waals surface area contributed by atoms with Crippen LogP contribution in [0.5, 0.6) is 5.75 Å². The highest BCUT2D eigenvalue weighted by molar-refractivity contribution is 9.10. The minimum atomic E-state index is 0.779. The summed E-state index contributed by atoms with van der Waals surface area (Å²) in [5.74, 6) is 0.929. The fourth-order valence-electron chi connectivity index (χ4n) is 2.57. The van der Waals surface area contributed by atoms with E-state index in [9.17, 15) is 0 Å². The largest absolute Gasteiger partial charge is 0.492 e. The van der Waals surface area contributed by atoms with E-state index >= 15 is 0 Å². The molecule has 2 aromatic rings. The molecule has 1 nitrogen and oxygen atoms in total. The van der Waals surface area contributed by atoms with E-state index in [-0.39, 0.29) is 0 Å². The van der Waals surface area contributed by atoms with Gasteiger partial charge in [0.1, 0.15) is 5.75 Å². The Balaban J connectivity index is 2.02. The molecule has 0 aromatic heterocycles. The predicted molar refractivity (Wildman–Crippen MR) is 103 cm³/mol. The van der Waals surface area contributed by atoms with Gasteiger partial charge >= 0.3 is 0 Å². The zero-order valence-electron chi connectivity index (χ0n) is 14.3. The summed E-state index contributed by atoms with van der Waals surface area (Å²) in [6.45, 7) is 5.20. The van der Waals surface area contributed by atoms with Gasteiger partial charge in [-0.1, -0.05) is 63.4 Å². The average Bonchev–Trinajstić information content (AvgIpc) is 2.57. The van der Waals surface area contributed by atoms with E-state index < -0.39 is 0 Å². The maximum Gasteiger partial charge on any atom is 0.133 e. The van der Waals surface area contributed by atoms with E-state index in [0.717, 1.165) is 29.7 Å². The van der Waals surface area contributed by atoms with Crippen molar-refractivity contribution in [2.75, 3.05) is 6.61 Å². The first-order chi connectivity index (χ1) is 11.2. The van der Waals surface area contributed by atoms with Crippen molar-refractivity contribution in [2.24, 2.45) is 0 Å². The van der Waals surface area contributed by atoms with Crippen molar-refractivity contribution in [3.63, 3.8) is 0 Å². The Hall–Kier alpha value is -1.28. The molecule has 0 saturated carbocycles. The molecule has 0 radical (unpaired) electrons. The van der Waals surface area contributed by atoms with Crippen molar-refractivity contribution in [3.8, 4) is 16.9 Å². The van der Waals surface area contributed by atoms with Gasteiger partial charge in [-0.3, -0.25) is 0 Å². The summed E-state index contributed by atoms with van der Waals surface area (Å²) in [4.78, 5) is 0. The van der Waals surface area contributed by atoms with Gasteiger partial charge < -0.3 is 4.74 Å². The van der Waals surface area contributed by atoms with Gasteiger partial charge in [-0.25, -0.2) is 0 Å². The normalized spacial score (nSPS) is 10.7. The minimum Gasteiger partial charge on any atom is -0.492 e. The van der Waals surface area contributed by atoms with Crippen molar-refractivity contribution in [1.82, 2.24) is 0 Å². The number of ether oxygens (including phenoxy) is 1. The highest BCUT2D eigenvalue weighted by Crippen LogP contribution is 2.31. The predicted octanol–water partition coefficient (Wildman–Crippen LogP) is 7.03. The van der Waals surface area contributed by atoms with Crippen LogP contribution in [0.1, 0.15) is 51.5 Å². The zero-order valence-corrected chi connectivity index (χ0v) is 15.9. The second-order valence-corrected chi connectivity index (χ2v) is 6.86. The molecule has 0 amide bonds. The number of halogens is 1. The van der Waals surface area contributed by atoms with Crippen LogP contribution in [0, 0.1) is 0 Å². The summed E-state index contributed by atoms with van der Waals surface area (Å²) < 4.78 is 6.82. The molecule has 0 bridgehead atoms. The molecule has 2 aromatic carbocycles. The van der Waals surface area contributed by atoms with Gasteiger partial charge in [0.2, 0.25) is 0 Å². The van der Waals surface area contributed by atoms with Gasteiger partial charge in [0.05, 0.1) is 11.1 Å². The lowest BCUT2D eigenvalue weighted by atomic mass is 10.0. The number of benzene rings is 2. The smallest absolute Gasteiger partial charge is 0.133 e. The topological polar surface area (TPSA) is 9.23 Å². The molecule has 0 aliphatic carbocycles. The molecule has 0 unspecified atom stereocenters. The van der Waals surface area contributed by atoms with E-state index in [4.69, 9.17) is 4.74 Å². The second-order valence-electron chi connectivity index (χ2n) is 6.00. The quantitative estimate of drug-likeness (QED) is 0.428. The summed E-state index contributed by atoms with van der Waals surface area (Å²) in [7, 11) is 0. The van der Waals surface area contributed by atoms with E-state index in [1.807, 2.05) is 0 Å². The van der Waals surface area contributed by atoms with Crippen molar-refractivity contribution < 1.29 is 4.74 Å². The first kappa shape index (κ1) is 18.1. The van der Waals surface area contributed by atoms with Crippen LogP contribution in [-0.2, 0) is 6.42 Å². The van der Waals surface area contributed by atoms with Crippen LogP contribution in [0.4, 0.5) is 0 Å². The second kappa shape index (κ2) is 9.77. The highest BCUT2D eigenvalue weighted by Gasteiger charge is 2.05. The third-order valence-corrected chi connectivity index (χ3v) is 4.66. The molecule has 0 spiro atoms. The molecule has 2 rings (SSSR count). The Bertz CT molecular complexity index is 589. The van der Waals surface area contributed by atoms with Crippen LogP contribution in [0.15, 0.2) is 46.9 Å². The first-order valence-corrected chi connectivity index (χ1v) is 9.55. The number of unbranched alkanes of at least 4 members (excludes halogenated alkanes) is 3. The highest BCUT2D eigenvalue weighted by atomic mass is 79.9. The van der Waals surface area contributed by atoms with Crippen LogP contribution in [-0.4, -0.2) is 6.61 Å². The maximum absolute atomic E-state index is 5.80. The van der Waals surface area contributed by atoms with E-state index in [2.05, 4.69) is 72.2 Å². The Morgan fingerprint density at radius 1 is 0.826 bits per heavy atom. The van der Waals surface area contributed by atoms with Gasteiger partial charge in [0, 0.05) is 0 Å². The number of rotatable bonds is 9. The molecule has 0 aliphatic rings. The fraction of sp³-hybridized carbons (Fsp3) is 0.429. The summed E-state index contributed by atoms with van der Waals surface area (Å²) in [5.41, 5.74) is 3.91. The van der Waals surface area contributed by atoms with Crippen molar-refractivity contribution in [1.29, 1.82) is 0 Å². The van der Waals surface area contributed by atoms with Gasteiger partial charge in [-0.2, -0.15) is 0 Å².